The second-order valence-corrected chi connectivity index (χ2v) is 5.81. The van der Waals surface area contributed by atoms with Crippen LogP contribution in [-0.2, 0) is 4.74 Å². The molecule has 1 heterocycles. The Balaban J connectivity index is 2.16. The largest absolute Gasteiger partial charge is 0.462 e. The lowest BCUT2D eigenvalue weighted by Crippen LogP contribution is -2.07. The van der Waals surface area contributed by atoms with Crippen molar-refractivity contribution in [2.75, 3.05) is 6.61 Å². The molecular weight excluding hydrogens is 338 g/mol. The van der Waals surface area contributed by atoms with Gasteiger partial charge in [-0.25, -0.2) is 4.79 Å². The zero-order valence-corrected chi connectivity index (χ0v) is 14.3. The zero-order chi connectivity index (χ0) is 17.8. The van der Waals surface area contributed by atoms with Gasteiger partial charge in [-0.05, 0) is 24.6 Å². The van der Waals surface area contributed by atoms with Crippen LogP contribution in [0.3, 0.4) is 0 Å². The molecule has 0 atom stereocenters. The van der Waals surface area contributed by atoms with E-state index in [0.717, 1.165) is 0 Å². The van der Waals surface area contributed by atoms with E-state index in [1.165, 1.54) is 6.20 Å². The van der Waals surface area contributed by atoms with E-state index >= 15 is 0 Å². The van der Waals surface area contributed by atoms with Gasteiger partial charge in [0, 0.05) is 22.3 Å². The van der Waals surface area contributed by atoms with Crippen LogP contribution in [-0.4, -0.2) is 23.3 Å². The van der Waals surface area contributed by atoms with Gasteiger partial charge in [0.15, 0.2) is 0 Å². The fourth-order valence-corrected chi connectivity index (χ4v) is 2.84. The summed E-state index contributed by atoms with van der Waals surface area (Å²) in [6, 6.07) is 15.9. The van der Waals surface area contributed by atoms with Gasteiger partial charge in [0.05, 0.1) is 17.9 Å². The van der Waals surface area contributed by atoms with Crippen molar-refractivity contribution in [3.8, 4) is 11.1 Å². The summed E-state index contributed by atoms with van der Waals surface area (Å²) < 4.78 is 5.12. The summed E-state index contributed by atoms with van der Waals surface area (Å²) in [5.41, 5.74) is 2.34. The van der Waals surface area contributed by atoms with Gasteiger partial charge in [0.2, 0.25) is 5.78 Å². The van der Waals surface area contributed by atoms with E-state index in [1.54, 1.807) is 55.5 Å². The first-order chi connectivity index (χ1) is 12.1. The van der Waals surface area contributed by atoms with Crippen molar-refractivity contribution in [1.82, 2.24) is 4.98 Å². The summed E-state index contributed by atoms with van der Waals surface area (Å²) in [4.78, 5) is 28.1. The van der Waals surface area contributed by atoms with Gasteiger partial charge in [-0.15, -0.1) is 0 Å². The molecule has 0 aliphatic rings. The molecule has 4 nitrogen and oxygen atoms in total. The van der Waals surface area contributed by atoms with Crippen LogP contribution in [0.2, 0.25) is 5.02 Å². The van der Waals surface area contributed by atoms with Crippen LogP contribution in [0.25, 0.3) is 11.1 Å². The van der Waals surface area contributed by atoms with Crippen molar-refractivity contribution in [2.24, 2.45) is 0 Å². The molecule has 0 unspecified atom stereocenters. The number of aromatic nitrogens is 1. The summed E-state index contributed by atoms with van der Waals surface area (Å²) >= 11 is 6.09. The second-order valence-electron chi connectivity index (χ2n) is 5.38. The molecule has 0 radical (unpaired) electrons. The second kappa shape index (κ2) is 7.36. The van der Waals surface area contributed by atoms with Gasteiger partial charge in [-0.3, -0.25) is 4.79 Å². The smallest absolute Gasteiger partial charge is 0.340 e. The first-order valence-electron chi connectivity index (χ1n) is 7.86. The molecule has 5 heteroatoms. The van der Waals surface area contributed by atoms with Gasteiger partial charge in [-0.2, -0.15) is 0 Å². The Kier molecular flexibility index (Phi) is 5.00. The quantitative estimate of drug-likeness (QED) is 0.532. The number of halogens is 1. The predicted molar refractivity (Wildman–Crippen MR) is 97.1 cm³/mol. The molecular formula is C20H16ClNO3. The number of H-pyrrole nitrogens is 1. The summed E-state index contributed by atoms with van der Waals surface area (Å²) in [6.07, 6.45) is 1.50. The minimum atomic E-state index is -0.485. The highest BCUT2D eigenvalue weighted by Gasteiger charge is 2.24. The van der Waals surface area contributed by atoms with Crippen LogP contribution in [0, 0.1) is 0 Å². The van der Waals surface area contributed by atoms with E-state index in [9.17, 15) is 9.59 Å². The minimum Gasteiger partial charge on any atom is -0.462 e. The van der Waals surface area contributed by atoms with E-state index in [0.29, 0.717) is 33.0 Å². The van der Waals surface area contributed by atoms with Crippen molar-refractivity contribution < 1.29 is 14.3 Å². The van der Waals surface area contributed by atoms with Gasteiger partial charge < -0.3 is 9.72 Å². The highest BCUT2D eigenvalue weighted by molar-refractivity contribution is 6.31. The van der Waals surface area contributed by atoms with Crippen molar-refractivity contribution in [2.45, 2.75) is 6.92 Å². The maximum atomic E-state index is 12.9. The Hall–Kier alpha value is -2.85. The van der Waals surface area contributed by atoms with E-state index in [2.05, 4.69) is 4.98 Å². The molecule has 2 aromatic carbocycles. The molecule has 0 spiro atoms. The summed E-state index contributed by atoms with van der Waals surface area (Å²) in [6.45, 7) is 1.99. The van der Waals surface area contributed by atoms with Crippen molar-refractivity contribution in [3.63, 3.8) is 0 Å². The molecule has 126 valence electrons. The molecule has 0 saturated carbocycles. The molecule has 0 saturated heterocycles. The number of hydrogen-bond acceptors (Lipinski definition) is 3. The van der Waals surface area contributed by atoms with Crippen molar-refractivity contribution in [3.05, 3.63) is 82.6 Å². The number of nitrogens with one attached hydrogen (secondary N) is 1. The normalized spacial score (nSPS) is 10.5. The van der Waals surface area contributed by atoms with Crippen molar-refractivity contribution >= 4 is 23.4 Å². The third-order valence-electron chi connectivity index (χ3n) is 3.75. The molecule has 25 heavy (non-hydrogen) atoms. The molecule has 0 amide bonds. The van der Waals surface area contributed by atoms with Gasteiger partial charge in [0.1, 0.15) is 0 Å². The maximum Gasteiger partial charge on any atom is 0.340 e. The van der Waals surface area contributed by atoms with Crippen LogP contribution >= 0.6 is 11.6 Å². The Labute approximate surface area is 150 Å². The molecule has 0 aliphatic heterocycles. The van der Waals surface area contributed by atoms with Crippen LogP contribution in [0.4, 0.5) is 0 Å². The topological polar surface area (TPSA) is 59.2 Å². The number of carbonyl (C=O) groups is 2. The average Bonchev–Trinajstić information content (AvgIpc) is 3.07. The summed E-state index contributed by atoms with van der Waals surface area (Å²) in [5.74, 6) is -0.688. The Morgan fingerprint density at radius 3 is 2.52 bits per heavy atom. The fraction of sp³-hybridized carbons (Fsp3) is 0.100. The lowest BCUT2D eigenvalue weighted by atomic mass is 9.97. The highest BCUT2D eigenvalue weighted by Crippen LogP contribution is 2.31. The summed E-state index contributed by atoms with van der Waals surface area (Å²) in [7, 11) is 0. The first-order valence-corrected chi connectivity index (χ1v) is 8.23. The molecule has 1 aromatic heterocycles. The molecule has 3 rings (SSSR count). The molecule has 0 bridgehead atoms. The third kappa shape index (κ3) is 3.49. The van der Waals surface area contributed by atoms with Gasteiger partial charge in [0.25, 0.3) is 0 Å². The van der Waals surface area contributed by atoms with E-state index in [1.807, 2.05) is 6.07 Å². The number of rotatable bonds is 5. The van der Waals surface area contributed by atoms with Crippen LogP contribution in [0.5, 0.6) is 0 Å². The average molecular weight is 354 g/mol. The highest BCUT2D eigenvalue weighted by atomic mass is 35.5. The van der Waals surface area contributed by atoms with E-state index in [4.69, 9.17) is 16.3 Å². The Morgan fingerprint density at radius 1 is 1.08 bits per heavy atom. The fourth-order valence-electron chi connectivity index (χ4n) is 2.65. The van der Waals surface area contributed by atoms with Gasteiger partial charge in [-0.1, -0.05) is 54.1 Å². The Morgan fingerprint density at radius 2 is 1.84 bits per heavy atom. The number of hydrogen-bond donors (Lipinski definition) is 1. The van der Waals surface area contributed by atoms with E-state index in [-0.39, 0.29) is 12.4 Å². The summed E-state index contributed by atoms with van der Waals surface area (Å²) in [5, 5.41) is 0.520. The first kappa shape index (κ1) is 17.0. The molecule has 1 N–H and O–H groups in total. The lowest BCUT2D eigenvalue weighted by Gasteiger charge is -2.08. The molecule has 0 aliphatic carbocycles. The predicted octanol–water partition coefficient (Wildman–Crippen LogP) is 4.74. The Bertz CT molecular complexity index is 916. The van der Waals surface area contributed by atoms with Gasteiger partial charge >= 0.3 is 5.97 Å². The van der Waals surface area contributed by atoms with E-state index < -0.39 is 5.97 Å². The van der Waals surface area contributed by atoms with Crippen LogP contribution < -0.4 is 0 Å². The monoisotopic (exact) mass is 353 g/mol. The number of aromatic amines is 1. The molecule has 3 aromatic rings. The molecule has 0 fully saturated rings. The minimum absolute atomic E-state index is 0.203. The number of carbonyl (C=O) groups excluding carboxylic acids is 2. The number of benzene rings is 2. The number of esters is 1. The maximum absolute atomic E-state index is 12.9. The van der Waals surface area contributed by atoms with Crippen LogP contribution in [0.1, 0.15) is 33.3 Å². The van der Waals surface area contributed by atoms with Crippen LogP contribution in [0.15, 0.2) is 60.8 Å². The van der Waals surface area contributed by atoms with Crippen molar-refractivity contribution in [1.29, 1.82) is 0 Å². The SMILES string of the molecule is CCOC(=O)c1c[nH]c(C(=O)c2ccccc2)c1-c1cccc(Cl)c1. The number of ketones is 1. The lowest BCUT2D eigenvalue weighted by molar-refractivity contribution is 0.0527. The number of ether oxygens (including phenoxy) is 1. The third-order valence-corrected chi connectivity index (χ3v) is 3.99. The zero-order valence-electron chi connectivity index (χ0n) is 13.6. The standard InChI is InChI=1S/C20H16ClNO3/c1-2-25-20(24)16-12-22-18(19(23)13-7-4-3-5-8-13)17(16)14-9-6-10-15(21)11-14/h3-12,22H,2H2,1H3.